The van der Waals surface area contributed by atoms with Crippen molar-refractivity contribution in [1.82, 2.24) is 20.3 Å². The number of piperidine rings is 1. The van der Waals surface area contributed by atoms with Crippen LogP contribution in [0.5, 0.6) is 0 Å². The van der Waals surface area contributed by atoms with Gasteiger partial charge in [0.2, 0.25) is 0 Å². The highest BCUT2D eigenvalue weighted by molar-refractivity contribution is 5.94. The summed E-state index contributed by atoms with van der Waals surface area (Å²) in [5.74, 6) is -0.00927. The van der Waals surface area contributed by atoms with Gasteiger partial charge in [-0.05, 0) is 61.8 Å². The van der Waals surface area contributed by atoms with E-state index in [2.05, 4.69) is 21.5 Å². The number of amides is 1. The van der Waals surface area contributed by atoms with Gasteiger partial charge in [-0.15, -0.1) is 0 Å². The lowest BCUT2D eigenvalue weighted by Gasteiger charge is -2.38. The lowest BCUT2D eigenvalue weighted by Crippen LogP contribution is -2.48. The smallest absolute Gasteiger partial charge is 0.253 e. The molecule has 0 spiro atoms. The van der Waals surface area contributed by atoms with E-state index in [1.807, 2.05) is 12.1 Å². The fourth-order valence-corrected chi connectivity index (χ4v) is 3.89. The maximum absolute atomic E-state index is 12.9. The standard InChI is InChI=1S/C18H22N4O2/c23-17(15-7-6-13-4-1-2-5-14(13)10-15)22-9-3-8-18(24,12-22)16-11-19-21-20-16/h6-7,10-11,24H,1-5,8-9,12H2,(H,19,20,21). The molecule has 6 nitrogen and oxygen atoms in total. The van der Waals surface area contributed by atoms with Crippen molar-refractivity contribution >= 4 is 5.91 Å². The molecule has 2 N–H and O–H groups in total. The molecule has 1 aromatic carbocycles. The molecule has 6 heteroatoms. The van der Waals surface area contributed by atoms with Crippen LogP contribution in [0.15, 0.2) is 24.4 Å². The van der Waals surface area contributed by atoms with Crippen molar-refractivity contribution < 1.29 is 9.90 Å². The molecule has 1 aliphatic heterocycles. The molecule has 2 aromatic rings. The van der Waals surface area contributed by atoms with Crippen molar-refractivity contribution in [1.29, 1.82) is 0 Å². The van der Waals surface area contributed by atoms with Gasteiger partial charge in [-0.1, -0.05) is 6.07 Å². The van der Waals surface area contributed by atoms with Crippen LogP contribution in [0.4, 0.5) is 0 Å². The van der Waals surface area contributed by atoms with Crippen LogP contribution in [-0.4, -0.2) is 44.4 Å². The van der Waals surface area contributed by atoms with Crippen LogP contribution in [0, 0.1) is 0 Å². The normalized spacial score (nSPS) is 23.8. The average Bonchev–Trinajstić information content (AvgIpc) is 3.16. The van der Waals surface area contributed by atoms with Crippen LogP contribution in [-0.2, 0) is 18.4 Å². The van der Waals surface area contributed by atoms with Gasteiger partial charge in [-0.2, -0.15) is 15.4 Å². The summed E-state index contributed by atoms with van der Waals surface area (Å²) in [6.07, 6.45) is 7.47. The summed E-state index contributed by atoms with van der Waals surface area (Å²) >= 11 is 0. The minimum atomic E-state index is -1.12. The molecule has 1 atom stereocenters. The zero-order valence-corrected chi connectivity index (χ0v) is 13.7. The Morgan fingerprint density at radius 1 is 1.21 bits per heavy atom. The van der Waals surface area contributed by atoms with Crippen LogP contribution >= 0.6 is 0 Å². The van der Waals surface area contributed by atoms with Gasteiger partial charge in [0, 0.05) is 12.1 Å². The number of likely N-dealkylation sites (tertiary alicyclic amines) is 1. The van der Waals surface area contributed by atoms with E-state index in [4.69, 9.17) is 0 Å². The van der Waals surface area contributed by atoms with Gasteiger partial charge in [0.05, 0.1) is 12.7 Å². The number of hydrogen-bond acceptors (Lipinski definition) is 4. The number of fused-ring (bicyclic) bond motifs is 1. The van der Waals surface area contributed by atoms with E-state index in [1.165, 1.54) is 30.2 Å². The molecule has 1 saturated heterocycles. The van der Waals surface area contributed by atoms with Crippen molar-refractivity contribution in [3.63, 3.8) is 0 Å². The average molecular weight is 326 g/mol. The van der Waals surface area contributed by atoms with Gasteiger partial charge in [0.1, 0.15) is 11.3 Å². The van der Waals surface area contributed by atoms with Crippen molar-refractivity contribution in [3.8, 4) is 0 Å². The zero-order chi connectivity index (χ0) is 16.6. The Morgan fingerprint density at radius 2 is 2.04 bits per heavy atom. The van der Waals surface area contributed by atoms with E-state index in [9.17, 15) is 9.90 Å². The van der Waals surface area contributed by atoms with Crippen molar-refractivity contribution in [3.05, 3.63) is 46.8 Å². The third kappa shape index (κ3) is 2.71. The Hall–Kier alpha value is -2.21. The van der Waals surface area contributed by atoms with Gasteiger partial charge < -0.3 is 10.0 Å². The summed E-state index contributed by atoms with van der Waals surface area (Å²) in [4.78, 5) is 14.7. The lowest BCUT2D eigenvalue weighted by molar-refractivity contribution is -0.0320. The number of H-pyrrole nitrogens is 1. The molecular weight excluding hydrogens is 304 g/mol. The minimum absolute atomic E-state index is 0.00927. The van der Waals surface area contributed by atoms with Crippen molar-refractivity contribution in [2.45, 2.75) is 44.1 Å². The Morgan fingerprint density at radius 3 is 2.83 bits per heavy atom. The lowest BCUT2D eigenvalue weighted by atomic mass is 9.88. The third-order valence-electron chi connectivity index (χ3n) is 5.25. The van der Waals surface area contributed by atoms with Crippen LogP contribution < -0.4 is 0 Å². The number of carbonyl (C=O) groups excluding carboxylic acids is 1. The number of β-amino-alcohol motifs (C(OH)–C–C–N with tert-alkyl or cyclic N) is 1. The molecular formula is C18H22N4O2. The second-order valence-corrected chi connectivity index (χ2v) is 6.91. The summed E-state index contributed by atoms with van der Waals surface area (Å²) < 4.78 is 0. The predicted octanol–water partition coefficient (Wildman–Crippen LogP) is 1.81. The molecule has 2 aliphatic rings. The maximum Gasteiger partial charge on any atom is 0.253 e. The van der Waals surface area contributed by atoms with E-state index in [-0.39, 0.29) is 12.5 Å². The molecule has 24 heavy (non-hydrogen) atoms. The monoisotopic (exact) mass is 326 g/mol. The van der Waals surface area contributed by atoms with E-state index in [0.717, 1.165) is 24.8 Å². The molecule has 4 rings (SSSR count). The topological polar surface area (TPSA) is 82.1 Å². The fourth-order valence-electron chi connectivity index (χ4n) is 3.89. The quantitative estimate of drug-likeness (QED) is 0.882. The Bertz CT molecular complexity index is 743. The highest BCUT2D eigenvalue weighted by Gasteiger charge is 2.39. The van der Waals surface area contributed by atoms with Crippen LogP contribution in [0.25, 0.3) is 0 Å². The number of rotatable bonds is 2. The van der Waals surface area contributed by atoms with Gasteiger partial charge >= 0.3 is 0 Å². The third-order valence-corrected chi connectivity index (χ3v) is 5.25. The number of nitrogens with zero attached hydrogens (tertiary/aromatic N) is 3. The molecule has 1 fully saturated rings. The second-order valence-electron chi connectivity index (χ2n) is 6.91. The SMILES string of the molecule is O=C(c1ccc2c(c1)CCCC2)N1CCCC(O)(c2cn[nH]n2)C1. The number of aryl methyl sites for hydroxylation is 2. The number of carbonyl (C=O) groups is 1. The molecule has 0 bridgehead atoms. The summed E-state index contributed by atoms with van der Waals surface area (Å²) in [6.45, 7) is 0.922. The van der Waals surface area contributed by atoms with E-state index in [1.54, 1.807) is 4.90 Å². The van der Waals surface area contributed by atoms with Crippen LogP contribution in [0.2, 0.25) is 0 Å². The van der Waals surface area contributed by atoms with E-state index < -0.39 is 5.60 Å². The first-order valence-corrected chi connectivity index (χ1v) is 8.65. The first-order valence-electron chi connectivity index (χ1n) is 8.65. The zero-order valence-electron chi connectivity index (χ0n) is 13.7. The first-order chi connectivity index (χ1) is 11.7. The van der Waals surface area contributed by atoms with Crippen LogP contribution in [0.1, 0.15) is 52.9 Å². The minimum Gasteiger partial charge on any atom is -0.382 e. The number of benzene rings is 1. The van der Waals surface area contributed by atoms with Crippen LogP contribution in [0.3, 0.4) is 0 Å². The first kappa shape index (κ1) is 15.3. The summed E-state index contributed by atoms with van der Waals surface area (Å²) in [7, 11) is 0. The largest absolute Gasteiger partial charge is 0.382 e. The Labute approximate surface area is 140 Å². The molecule has 2 heterocycles. The molecule has 1 amide bonds. The van der Waals surface area contributed by atoms with E-state index in [0.29, 0.717) is 18.7 Å². The fraction of sp³-hybridized carbons (Fsp3) is 0.500. The molecule has 1 aliphatic carbocycles. The molecule has 1 unspecified atom stereocenters. The number of aliphatic hydroxyl groups is 1. The van der Waals surface area contributed by atoms with Gasteiger partial charge in [0.15, 0.2) is 0 Å². The summed E-state index contributed by atoms with van der Waals surface area (Å²) in [5, 5.41) is 21.2. The number of aromatic amines is 1. The summed E-state index contributed by atoms with van der Waals surface area (Å²) in [6, 6.07) is 6.06. The number of hydrogen-bond donors (Lipinski definition) is 2. The number of aromatic nitrogens is 3. The predicted molar refractivity (Wildman–Crippen MR) is 88.5 cm³/mol. The highest BCUT2D eigenvalue weighted by atomic mass is 16.3. The Kier molecular flexibility index (Phi) is 3.84. The second kappa shape index (κ2) is 6.02. The number of nitrogens with one attached hydrogen (secondary N) is 1. The van der Waals surface area contributed by atoms with Crippen molar-refractivity contribution in [2.75, 3.05) is 13.1 Å². The maximum atomic E-state index is 12.9. The molecule has 0 saturated carbocycles. The summed E-state index contributed by atoms with van der Waals surface area (Å²) in [5.41, 5.74) is 2.78. The van der Waals surface area contributed by atoms with Gasteiger partial charge in [-0.25, -0.2) is 0 Å². The highest BCUT2D eigenvalue weighted by Crippen LogP contribution is 2.31. The van der Waals surface area contributed by atoms with Crippen molar-refractivity contribution in [2.24, 2.45) is 0 Å². The Balaban J connectivity index is 1.56. The molecule has 1 aromatic heterocycles. The van der Waals surface area contributed by atoms with Gasteiger partial charge in [0.25, 0.3) is 5.91 Å². The van der Waals surface area contributed by atoms with Gasteiger partial charge in [-0.3, -0.25) is 4.79 Å². The van der Waals surface area contributed by atoms with E-state index >= 15 is 0 Å². The molecule has 126 valence electrons. The molecule has 0 radical (unpaired) electrons.